The highest BCUT2D eigenvalue weighted by Gasteiger charge is 2.30. The Balaban J connectivity index is 5.21. The van der Waals surface area contributed by atoms with Gasteiger partial charge in [0.2, 0.25) is 0 Å². The molecule has 17 nitrogen and oxygen atoms in total. The first-order valence-electron chi connectivity index (χ1n) is 38.5. The molecule has 0 aromatic carbocycles. The third kappa shape index (κ3) is 67.0. The lowest BCUT2D eigenvalue weighted by molar-refractivity contribution is -0.161. The highest BCUT2D eigenvalue weighted by Crippen LogP contribution is 2.45. The minimum absolute atomic E-state index is 0.103. The molecule has 0 amide bonds. The standard InChI is InChI=1S/C74H144O17P2/c1-7-10-12-14-16-18-19-20-21-22-23-24-25-26-31-35-39-46-52-58-73(78)90-69(62-85-72(77)57-51-45-38-34-30-28-27-29-33-36-42-48-54-66(4)5)64-88-92(80,81)86-60-68(75)61-87-93(82,83)89-65-70(63-84-71(76)56-50-44-37-32-17-15-13-11-8-2)91-74(79)59-53-47-41-40-43-49-55-67(6)9-3/h66-70,75H,7-65H2,1-6H3,(H,80,81)(H,82,83)/t67?,68-,69-,70-/m1/s1. The second-order valence-corrected chi connectivity index (χ2v) is 30.3. The summed E-state index contributed by atoms with van der Waals surface area (Å²) in [6, 6.07) is 0. The first kappa shape index (κ1) is 91.1. The zero-order valence-corrected chi connectivity index (χ0v) is 62.3. The minimum Gasteiger partial charge on any atom is -0.462 e. The Hall–Kier alpha value is -1.94. The summed E-state index contributed by atoms with van der Waals surface area (Å²) in [5, 5.41) is 10.6. The van der Waals surface area contributed by atoms with E-state index in [1.54, 1.807) is 0 Å². The number of aliphatic hydroxyl groups is 1. The molecule has 0 saturated heterocycles. The number of unbranched alkanes of at least 4 members (excludes halogenated alkanes) is 42. The number of hydrogen-bond donors (Lipinski definition) is 3. The van der Waals surface area contributed by atoms with Crippen LogP contribution in [0.25, 0.3) is 0 Å². The average molecular weight is 1370 g/mol. The lowest BCUT2D eigenvalue weighted by Crippen LogP contribution is -2.30. The molecule has 0 aromatic rings. The summed E-state index contributed by atoms with van der Waals surface area (Å²) in [5.41, 5.74) is 0. The van der Waals surface area contributed by atoms with Crippen LogP contribution in [0.1, 0.15) is 382 Å². The molecule has 0 aromatic heterocycles. The van der Waals surface area contributed by atoms with Gasteiger partial charge in [0.25, 0.3) is 0 Å². The highest BCUT2D eigenvalue weighted by molar-refractivity contribution is 7.47. The van der Waals surface area contributed by atoms with E-state index in [-0.39, 0.29) is 25.7 Å². The SMILES string of the molecule is CCCCCCCCCCCCCCCCCCCCCC(=O)O[C@H](COC(=O)CCCCCCCCCCCCCCC(C)C)COP(=O)(O)OC[C@@H](O)COP(=O)(O)OC[C@@H](COC(=O)CCCCCCCCCCC)OC(=O)CCCCCCCCC(C)CC. The van der Waals surface area contributed by atoms with Crippen molar-refractivity contribution in [2.45, 2.75) is 400 Å². The van der Waals surface area contributed by atoms with Crippen LogP contribution in [0, 0.1) is 11.8 Å². The van der Waals surface area contributed by atoms with Crippen LogP contribution in [0.4, 0.5) is 0 Å². The third-order valence-corrected chi connectivity index (χ3v) is 19.5. The van der Waals surface area contributed by atoms with Gasteiger partial charge in [-0.05, 0) is 37.5 Å². The maximum absolute atomic E-state index is 13.1. The quantitative estimate of drug-likeness (QED) is 0.0222. The number of hydrogen-bond acceptors (Lipinski definition) is 15. The van der Waals surface area contributed by atoms with E-state index in [2.05, 4.69) is 41.5 Å². The van der Waals surface area contributed by atoms with Crippen molar-refractivity contribution in [1.82, 2.24) is 0 Å². The van der Waals surface area contributed by atoms with Gasteiger partial charge in [0.15, 0.2) is 12.2 Å². The van der Waals surface area contributed by atoms with Gasteiger partial charge in [-0.3, -0.25) is 37.3 Å². The van der Waals surface area contributed by atoms with Gasteiger partial charge in [0.05, 0.1) is 26.4 Å². The number of esters is 4. The fourth-order valence-electron chi connectivity index (χ4n) is 11.3. The molecule has 0 aliphatic carbocycles. The molecule has 0 fully saturated rings. The topological polar surface area (TPSA) is 237 Å². The number of ether oxygens (including phenoxy) is 4. The van der Waals surface area contributed by atoms with Crippen LogP contribution in [0.5, 0.6) is 0 Å². The Morgan fingerprint density at radius 3 is 0.817 bits per heavy atom. The number of carbonyl (C=O) groups is 4. The smallest absolute Gasteiger partial charge is 0.462 e. The molecule has 0 saturated carbocycles. The summed E-state index contributed by atoms with van der Waals surface area (Å²) in [6.07, 6.45) is 52.8. The molecule has 0 aliphatic heterocycles. The lowest BCUT2D eigenvalue weighted by Gasteiger charge is -2.21. The number of phosphoric acid groups is 2. The van der Waals surface area contributed by atoms with Crippen LogP contribution >= 0.6 is 15.6 Å². The van der Waals surface area contributed by atoms with E-state index in [1.807, 2.05) is 0 Å². The molecule has 0 heterocycles. The van der Waals surface area contributed by atoms with Crippen molar-refractivity contribution in [3.8, 4) is 0 Å². The Bertz CT molecular complexity index is 1810. The summed E-state index contributed by atoms with van der Waals surface area (Å²) in [7, 11) is -9.90. The normalized spacial score (nSPS) is 14.3. The molecular weight excluding hydrogens is 1220 g/mol. The zero-order chi connectivity index (χ0) is 68.6. The largest absolute Gasteiger partial charge is 0.472 e. The van der Waals surface area contributed by atoms with Gasteiger partial charge in [-0.15, -0.1) is 0 Å². The van der Waals surface area contributed by atoms with E-state index in [0.29, 0.717) is 25.7 Å². The number of aliphatic hydroxyl groups excluding tert-OH is 1. The van der Waals surface area contributed by atoms with Crippen molar-refractivity contribution in [1.29, 1.82) is 0 Å². The molecule has 0 bridgehead atoms. The van der Waals surface area contributed by atoms with E-state index >= 15 is 0 Å². The first-order valence-corrected chi connectivity index (χ1v) is 41.5. The van der Waals surface area contributed by atoms with E-state index in [0.717, 1.165) is 102 Å². The predicted octanol–water partition coefficient (Wildman–Crippen LogP) is 21.6. The Kier molecular flexibility index (Phi) is 64.6. The molecular formula is C74H144O17P2. The average Bonchev–Trinajstić information content (AvgIpc) is 3.73. The van der Waals surface area contributed by atoms with E-state index in [9.17, 15) is 43.2 Å². The fourth-order valence-corrected chi connectivity index (χ4v) is 12.8. The molecule has 0 rings (SSSR count). The molecule has 3 unspecified atom stereocenters. The molecule has 19 heteroatoms. The van der Waals surface area contributed by atoms with E-state index < -0.39 is 97.5 Å². The summed E-state index contributed by atoms with van der Waals surface area (Å²) >= 11 is 0. The highest BCUT2D eigenvalue weighted by atomic mass is 31.2. The van der Waals surface area contributed by atoms with Gasteiger partial charge in [0, 0.05) is 25.7 Å². The molecule has 0 aliphatic rings. The Morgan fingerprint density at radius 1 is 0.312 bits per heavy atom. The van der Waals surface area contributed by atoms with Gasteiger partial charge >= 0.3 is 39.5 Å². The van der Waals surface area contributed by atoms with Crippen molar-refractivity contribution >= 4 is 39.5 Å². The van der Waals surface area contributed by atoms with Crippen molar-refractivity contribution < 1.29 is 80.2 Å². The van der Waals surface area contributed by atoms with Crippen LogP contribution in [0.3, 0.4) is 0 Å². The summed E-state index contributed by atoms with van der Waals surface area (Å²) < 4.78 is 68.4. The second kappa shape index (κ2) is 66.0. The maximum Gasteiger partial charge on any atom is 0.472 e. The lowest BCUT2D eigenvalue weighted by atomic mass is 10.00. The van der Waals surface area contributed by atoms with E-state index in [1.165, 1.54) is 199 Å². The van der Waals surface area contributed by atoms with Crippen molar-refractivity contribution in [3.05, 3.63) is 0 Å². The first-order chi connectivity index (χ1) is 44.9. The van der Waals surface area contributed by atoms with Crippen LogP contribution in [0.2, 0.25) is 0 Å². The minimum atomic E-state index is -4.96. The van der Waals surface area contributed by atoms with Crippen LogP contribution in [-0.4, -0.2) is 96.7 Å². The van der Waals surface area contributed by atoms with Crippen LogP contribution in [-0.2, 0) is 65.4 Å². The molecule has 552 valence electrons. The predicted molar refractivity (Wildman–Crippen MR) is 377 cm³/mol. The van der Waals surface area contributed by atoms with Gasteiger partial charge in [-0.25, -0.2) is 9.13 Å². The molecule has 6 atom stereocenters. The molecule has 3 N–H and O–H groups in total. The second-order valence-electron chi connectivity index (χ2n) is 27.4. The monoisotopic (exact) mass is 1370 g/mol. The molecule has 0 radical (unpaired) electrons. The maximum atomic E-state index is 13.1. The Labute approximate surface area is 568 Å². The molecule has 0 spiro atoms. The van der Waals surface area contributed by atoms with Crippen LogP contribution in [0.15, 0.2) is 0 Å². The van der Waals surface area contributed by atoms with Gasteiger partial charge in [0.1, 0.15) is 19.3 Å². The summed E-state index contributed by atoms with van der Waals surface area (Å²) in [4.78, 5) is 72.6. The summed E-state index contributed by atoms with van der Waals surface area (Å²) in [6.45, 7) is 9.53. The van der Waals surface area contributed by atoms with Gasteiger partial charge in [-0.2, -0.15) is 0 Å². The van der Waals surface area contributed by atoms with Gasteiger partial charge < -0.3 is 33.8 Å². The molecule has 93 heavy (non-hydrogen) atoms. The zero-order valence-electron chi connectivity index (χ0n) is 60.6. The fraction of sp³-hybridized carbons (Fsp3) is 0.946. The van der Waals surface area contributed by atoms with Crippen molar-refractivity contribution in [3.63, 3.8) is 0 Å². The number of carbonyl (C=O) groups excluding carboxylic acids is 4. The van der Waals surface area contributed by atoms with E-state index in [4.69, 9.17) is 37.0 Å². The van der Waals surface area contributed by atoms with Crippen LogP contribution < -0.4 is 0 Å². The summed E-state index contributed by atoms with van der Waals surface area (Å²) in [5.74, 6) is -0.620. The van der Waals surface area contributed by atoms with Crippen molar-refractivity contribution in [2.24, 2.45) is 11.8 Å². The number of phosphoric ester groups is 2. The van der Waals surface area contributed by atoms with Crippen molar-refractivity contribution in [2.75, 3.05) is 39.6 Å². The third-order valence-electron chi connectivity index (χ3n) is 17.6. The number of rotatable bonds is 73. The van der Waals surface area contributed by atoms with Gasteiger partial charge in [-0.1, -0.05) is 330 Å². The Morgan fingerprint density at radius 2 is 0.548 bits per heavy atom.